The van der Waals surface area contributed by atoms with Crippen LogP contribution in [-0.4, -0.2) is 12.9 Å². The van der Waals surface area contributed by atoms with E-state index in [2.05, 4.69) is 115 Å². The summed E-state index contributed by atoms with van der Waals surface area (Å²) < 4.78 is 6.17. The number of aryl methyl sites for hydroxylation is 2. The van der Waals surface area contributed by atoms with Gasteiger partial charge in [0, 0.05) is 36.5 Å². The lowest BCUT2D eigenvalue weighted by Crippen LogP contribution is -2.12. The summed E-state index contributed by atoms with van der Waals surface area (Å²) >= 11 is 0. The molecule has 4 nitrogen and oxygen atoms in total. The van der Waals surface area contributed by atoms with E-state index in [1.54, 1.807) is 7.05 Å². The fraction of sp³-hybridized carbons (Fsp3) is 0.104. The molecule has 4 heteroatoms. The summed E-state index contributed by atoms with van der Waals surface area (Å²) in [7, 11) is 1.69. The van der Waals surface area contributed by atoms with Crippen LogP contribution in [0.5, 0.6) is 0 Å². The minimum Gasteiger partial charge on any atom is -0.460 e. The number of fused-ring (bicyclic) bond motifs is 6. The molecular formula is C48H43N3O. The molecule has 0 saturated heterocycles. The van der Waals surface area contributed by atoms with Crippen LogP contribution in [0.25, 0.3) is 55.3 Å². The molecule has 0 radical (unpaired) electrons. The van der Waals surface area contributed by atoms with E-state index in [0.29, 0.717) is 12.4 Å². The lowest BCUT2D eigenvalue weighted by molar-refractivity contribution is 0.548. The molecule has 1 aromatic heterocycles. The van der Waals surface area contributed by atoms with E-state index in [9.17, 15) is 0 Å². The van der Waals surface area contributed by atoms with Gasteiger partial charge in [-0.25, -0.2) is 0 Å². The highest BCUT2D eigenvalue weighted by Crippen LogP contribution is 2.41. The fourth-order valence-corrected chi connectivity index (χ4v) is 6.96. The van der Waals surface area contributed by atoms with Crippen molar-refractivity contribution >= 4 is 50.0 Å². The van der Waals surface area contributed by atoms with Crippen molar-refractivity contribution in [3.05, 3.63) is 191 Å². The van der Waals surface area contributed by atoms with Crippen molar-refractivity contribution in [2.75, 3.05) is 7.05 Å². The molecule has 8 aromatic rings. The molecule has 0 atom stereocenters. The predicted octanol–water partition coefficient (Wildman–Crippen LogP) is 11.4. The van der Waals surface area contributed by atoms with E-state index in [0.717, 1.165) is 35.3 Å². The monoisotopic (exact) mass is 677 g/mol. The second-order valence-electron chi connectivity index (χ2n) is 13.0. The first-order valence-electron chi connectivity index (χ1n) is 17.8. The molecule has 0 amide bonds. The van der Waals surface area contributed by atoms with Gasteiger partial charge in [0.1, 0.15) is 17.2 Å². The van der Waals surface area contributed by atoms with Gasteiger partial charge in [0.2, 0.25) is 0 Å². The molecule has 1 aliphatic carbocycles. The highest BCUT2D eigenvalue weighted by atomic mass is 16.3. The maximum atomic E-state index is 6.17. The first-order chi connectivity index (χ1) is 25.5. The first kappa shape index (κ1) is 34.2. The Labute approximate surface area is 305 Å². The first-order valence-corrected chi connectivity index (χ1v) is 17.8. The van der Waals surface area contributed by atoms with Crippen LogP contribution in [-0.2, 0) is 13.0 Å². The number of amidine groups is 1. The van der Waals surface area contributed by atoms with Crippen LogP contribution in [0, 0.1) is 6.92 Å². The summed E-state index contributed by atoms with van der Waals surface area (Å²) in [6.07, 6.45) is 4.23. The smallest absolute Gasteiger partial charge is 0.135 e. The van der Waals surface area contributed by atoms with Gasteiger partial charge < -0.3 is 15.9 Å². The van der Waals surface area contributed by atoms with E-state index >= 15 is 0 Å². The Morgan fingerprint density at radius 2 is 1.29 bits per heavy atom. The fourth-order valence-electron chi connectivity index (χ4n) is 6.96. The minimum absolute atomic E-state index is 0.519. The topological polar surface area (TPSA) is 77.5 Å². The van der Waals surface area contributed by atoms with Gasteiger partial charge in [-0.15, -0.1) is 0 Å². The highest BCUT2D eigenvalue weighted by molar-refractivity contribution is 6.13. The SMILES string of the molecule is CN=C(N)c1ccc(-c2ccccc2)cc1.Cc1ccccc1.NCc1cccc2oc3c(c12)C=C(c1cc2ccccc2c2ccccc12)CC3. The molecule has 7 aromatic carbocycles. The summed E-state index contributed by atoms with van der Waals surface area (Å²) in [5.74, 6) is 1.65. The molecule has 0 spiro atoms. The van der Waals surface area contributed by atoms with E-state index in [4.69, 9.17) is 15.9 Å². The number of nitrogens with two attached hydrogens (primary N) is 2. The average Bonchev–Trinajstić information content (AvgIpc) is 3.60. The zero-order valence-corrected chi connectivity index (χ0v) is 29.7. The minimum atomic E-state index is 0.519. The Bertz CT molecular complexity index is 2510. The third kappa shape index (κ3) is 7.29. The van der Waals surface area contributed by atoms with E-state index in [1.165, 1.54) is 60.3 Å². The second-order valence-corrected chi connectivity index (χ2v) is 13.0. The summed E-state index contributed by atoms with van der Waals surface area (Å²) in [5.41, 5.74) is 22.4. The largest absolute Gasteiger partial charge is 0.460 e. The number of allylic oxidation sites excluding steroid dienone is 1. The Hall–Kier alpha value is -6.23. The van der Waals surface area contributed by atoms with Crippen molar-refractivity contribution in [2.24, 2.45) is 16.5 Å². The average molecular weight is 678 g/mol. The lowest BCUT2D eigenvalue weighted by atomic mass is 9.86. The molecule has 1 aliphatic rings. The van der Waals surface area contributed by atoms with Crippen molar-refractivity contribution in [3.8, 4) is 11.1 Å². The molecule has 0 unspecified atom stereocenters. The van der Waals surface area contributed by atoms with Crippen molar-refractivity contribution in [1.82, 2.24) is 0 Å². The quantitative estimate of drug-likeness (QED) is 0.111. The molecular weight excluding hydrogens is 635 g/mol. The normalized spacial score (nSPS) is 12.4. The third-order valence-corrected chi connectivity index (χ3v) is 9.66. The molecule has 0 saturated carbocycles. The Kier molecular flexibility index (Phi) is 10.4. The number of hydrogen-bond donors (Lipinski definition) is 2. The maximum Gasteiger partial charge on any atom is 0.135 e. The number of rotatable bonds is 4. The van der Waals surface area contributed by atoms with Crippen molar-refractivity contribution < 1.29 is 4.42 Å². The van der Waals surface area contributed by atoms with Gasteiger partial charge in [-0.3, -0.25) is 4.99 Å². The second kappa shape index (κ2) is 15.8. The zero-order chi connectivity index (χ0) is 35.9. The van der Waals surface area contributed by atoms with Crippen molar-refractivity contribution in [2.45, 2.75) is 26.3 Å². The van der Waals surface area contributed by atoms with Crippen LogP contribution >= 0.6 is 0 Å². The van der Waals surface area contributed by atoms with Crippen LogP contribution in [0.2, 0.25) is 0 Å². The third-order valence-electron chi connectivity index (χ3n) is 9.66. The predicted molar refractivity (Wildman–Crippen MR) is 221 cm³/mol. The van der Waals surface area contributed by atoms with Crippen molar-refractivity contribution in [1.29, 1.82) is 0 Å². The van der Waals surface area contributed by atoms with Crippen molar-refractivity contribution in [3.63, 3.8) is 0 Å². The van der Waals surface area contributed by atoms with Crippen LogP contribution < -0.4 is 11.5 Å². The van der Waals surface area contributed by atoms with Crippen LogP contribution in [0.4, 0.5) is 0 Å². The van der Waals surface area contributed by atoms with Gasteiger partial charge >= 0.3 is 0 Å². The maximum absolute atomic E-state index is 6.17. The summed E-state index contributed by atoms with van der Waals surface area (Å²) in [6, 6.07) is 54.5. The van der Waals surface area contributed by atoms with Gasteiger partial charge in [-0.05, 0) is 80.9 Å². The molecule has 4 N–H and O–H groups in total. The Morgan fingerprint density at radius 3 is 1.96 bits per heavy atom. The summed E-state index contributed by atoms with van der Waals surface area (Å²) in [5, 5.41) is 6.39. The number of benzene rings is 7. The summed E-state index contributed by atoms with van der Waals surface area (Å²) in [6.45, 7) is 2.60. The number of hydrogen-bond acceptors (Lipinski definition) is 3. The Balaban J connectivity index is 0.000000153. The van der Waals surface area contributed by atoms with Crippen LogP contribution in [0.15, 0.2) is 167 Å². The van der Waals surface area contributed by atoms with Gasteiger partial charge in [0.05, 0.1) is 0 Å². The van der Waals surface area contributed by atoms with Gasteiger partial charge in [-0.2, -0.15) is 0 Å². The van der Waals surface area contributed by atoms with E-state index < -0.39 is 0 Å². The summed E-state index contributed by atoms with van der Waals surface area (Å²) in [4.78, 5) is 3.96. The molecule has 0 bridgehead atoms. The Morgan fingerprint density at radius 1 is 0.654 bits per heavy atom. The molecule has 0 aliphatic heterocycles. The zero-order valence-electron chi connectivity index (χ0n) is 29.7. The van der Waals surface area contributed by atoms with Crippen LogP contribution in [0.3, 0.4) is 0 Å². The standard InChI is InChI=1S/C27H21NO.C14H14N2.C7H8/c28-16-19-7-5-11-26-27(19)24-15-18(12-13-25(24)29-26)23-14-17-6-1-2-8-20(17)21-9-3-4-10-22(21)23;1-16-14(15)13-9-7-12(8-10-13)11-5-3-2-4-6-11;1-7-5-3-2-4-6-7/h1-11,14-15H,12-13,16,28H2;2-10H,1H3,(H2,15,16);2-6H,1H3. The molecule has 256 valence electrons. The molecule has 1 heterocycles. The van der Waals surface area contributed by atoms with E-state index in [1.807, 2.05) is 60.7 Å². The highest BCUT2D eigenvalue weighted by Gasteiger charge is 2.21. The molecule has 52 heavy (non-hydrogen) atoms. The number of furan rings is 1. The van der Waals surface area contributed by atoms with Gasteiger partial charge in [-0.1, -0.05) is 151 Å². The number of aliphatic imine (C=N–C) groups is 1. The van der Waals surface area contributed by atoms with Gasteiger partial charge in [0.25, 0.3) is 0 Å². The number of nitrogens with zero attached hydrogens (tertiary/aromatic N) is 1. The van der Waals surface area contributed by atoms with Gasteiger partial charge in [0.15, 0.2) is 0 Å². The van der Waals surface area contributed by atoms with Crippen LogP contribution in [0.1, 0.15) is 40.0 Å². The molecule has 9 rings (SSSR count). The lowest BCUT2D eigenvalue weighted by Gasteiger charge is -2.17. The molecule has 0 fully saturated rings. The van der Waals surface area contributed by atoms with E-state index in [-0.39, 0.29) is 0 Å².